The molecular weight excluding hydrogens is 206 g/mol. The number of methoxy groups -OCH3 is 1. The summed E-state index contributed by atoms with van der Waals surface area (Å²) in [5.41, 5.74) is -0.559. The van der Waals surface area contributed by atoms with Crippen LogP contribution in [0.3, 0.4) is 0 Å². The SMILES string of the molecule is COC(=O)C1CCCN1CC1(O)CCCC1. The van der Waals surface area contributed by atoms with Gasteiger partial charge in [-0.15, -0.1) is 0 Å². The van der Waals surface area contributed by atoms with Gasteiger partial charge in [-0.2, -0.15) is 0 Å². The van der Waals surface area contributed by atoms with Gasteiger partial charge in [-0.25, -0.2) is 0 Å². The smallest absolute Gasteiger partial charge is 0.323 e. The topological polar surface area (TPSA) is 49.8 Å². The number of aliphatic hydroxyl groups is 1. The van der Waals surface area contributed by atoms with Gasteiger partial charge in [0.1, 0.15) is 6.04 Å². The summed E-state index contributed by atoms with van der Waals surface area (Å²) in [5.74, 6) is -0.154. The fraction of sp³-hybridized carbons (Fsp3) is 0.917. The number of ether oxygens (including phenoxy) is 1. The molecule has 1 N–H and O–H groups in total. The first-order chi connectivity index (χ1) is 7.64. The van der Waals surface area contributed by atoms with Gasteiger partial charge in [-0.3, -0.25) is 9.69 Å². The van der Waals surface area contributed by atoms with E-state index >= 15 is 0 Å². The lowest BCUT2D eigenvalue weighted by Gasteiger charge is -2.31. The highest BCUT2D eigenvalue weighted by molar-refractivity contribution is 5.75. The molecule has 0 radical (unpaired) electrons. The molecule has 1 saturated carbocycles. The van der Waals surface area contributed by atoms with Gasteiger partial charge in [0.25, 0.3) is 0 Å². The maximum absolute atomic E-state index is 11.6. The predicted octanol–water partition coefficient (Wildman–Crippen LogP) is 0.929. The summed E-state index contributed by atoms with van der Waals surface area (Å²) in [7, 11) is 1.43. The number of β-amino-alcohol motifs (C(OH)–C–C–N with tert-alkyl or cyclic N) is 1. The third kappa shape index (κ3) is 2.38. The van der Waals surface area contributed by atoms with Crippen LogP contribution in [0.5, 0.6) is 0 Å². The first-order valence-corrected chi connectivity index (χ1v) is 6.19. The van der Waals surface area contributed by atoms with E-state index in [1.165, 1.54) is 7.11 Å². The van der Waals surface area contributed by atoms with Crippen LogP contribution in [0.15, 0.2) is 0 Å². The van der Waals surface area contributed by atoms with Gasteiger partial charge in [-0.1, -0.05) is 12.8 Å². The summed E-state index contributed by atoms with van der Waals surface area (Å²) in [6.07, 6.45) is 5.84. The molecule has 1 heterocycles. The largest absolute Gasteiger partial charge is 0.468 e. The second-order valence-electron chi connectivity index (χ2n) is 5.08. The van der Waals surface area contributed by atoms with E-state index < -0.39 is 5.60 Å². The number of carbonyl (C=O) groups is 1. The number of esters is 1. The highest BCUT2D eigenvalue weighted by Crippen LogP contribution is 2.32. The average molecular weight is 227 g/mol. The molecule has 0 bridgehead atoms. The number of hydrogen-bond acceptors (Lipinski definition) is 4. The van der Waals surface area contributed by atoms with E-state index in [2.05, 4.69) is 4.90 Å². The van der Waals surface area contributed by atoms with Gasteiger partial charge >= 0.3 is 5.97 Å². The highest BCUT2D eigenvalue weighted by Gasteiger charge is 2.39. The van der Waals surface area contributed by atoms with Gasteiger partial charge in [0.05, 0.1) is 12.7 Å². The van der Waals surface area contributed by atoms with Crippen molar-refractivity contribution in [1.82, 2.24) is 4.90 Å². The summed E-state index contributed by atoms with van der Waals surface area (Å²) in [6, 6.07) is -0.130. The molecule has 1 unspecified atom stereocenters. The minimum absolute atomic E-state index is 0.130. The van der Waals surface area contributed by atoms with E-state index in [-0.39, 0.29) is 12.0 Å². The summed E-state index contributed by atoms with van der Waals surface area (Å²) >= 11 is 0. The van der Waals surface area contributed by atoms with Crippen molar-refractivity contribution in [2.24, 2.45) is 0 Å². The van der Waals surface area contributed by atoms with Crippen LogP contribution in [-0.4, -0.2) is 47.8 Å². The van der Waals surface area contributed by atoms with Crippen molar-refractivity contribution in [1.29, 1.82) is 0 Å². The van der Waals surface area contributed by atoms with Gasteiger partial charge in [0.2, 0.25) is 0 Å². The molecule has 16 heavy (non-hydrogen) atoms. The van der Waals surface area contributed by atoms with E-state index in [9.17, 15) is 9.90 Å². The zero-order valence-corrected chi connectivity index (χ0v) is 9.95. The molecule has 92 valence electrons. The Kier molecular flexibility index (Phi) is 3.50. The normalized spacial score (nSPS) is 29.5. The standard InChI is InChI=1S/C12H21NO3/c1-16-11(14)10-5-4-8-13(10)9-12(15)6-2-3-7-12/h10,15H,2-9H2,1H3. The predicted molar refractivity (Wildman–Crippen MR) is 60.0 cm³/mol. The maximum Gasteiger partial charge on any atom is 0.323 e. The molecule has 0 aromatic rings. The second-order valence-corrected chi connectivity index (χ2v) is 5.08. The van der Waals surface area contributed by atoms with Crippen molar-refractivity contribution in [2.45, 2.75) is 50.2 Å². The van der Waals surface area contributed by atoms with Gasteiger partial charge in [-0.05, 0) is 32.2 Å². The number of carbonyl (C=O) groups excluding carboxylic acids is 1. The molecule has 4 heteroatoms. The maximum atomic E-state index is 11.6. The molecule has 2 fully saturated rings. The summed E-state index contributed by atoms with van der Waals surface area (Å²) in [6.45, 7) is 1.54. The lowest BCUT2D eigenvalue weighted by atomic mass is 10.0. The number of nitrogens with zero attached hydrogens (tertiary/aromatic N) is 1. The van der Waals surface area contributed by atoms with Crippen molar-refractivity contribution in [2.75, 3.05) is 20.2 Å². The van der Waals surface area contributed by atoms with Crippen LogP contribution in [-0.2, 0) is 9.53 Å². The van der Waals surface area contributed by atoms with E-state index in [1.807, 2.05) is 0 Å². The Hall–Kier alpha value is -0.610. The minimum atomic E-state index is -0.559. The van der Waals surface area contributed by atoms with Crippen molar-refractivity contribution >= 4 is 5.97 Å². The van der Waals surface area contributed by atoms with E-state index in [0.717, 1.165) is 45.1 Å². The van der Waals surface area contributed by atoms with Crippen molar-refractivity contribution in [3.63, 3.8) is 0 Å². The Bertz CT molecular complexity index is 261. The first kappa shape index (κ1) is 11.9. The Morgan fingerprint density at radius 1 is 1.44 bits per heavy atom. The van der Waals surface area contributed by atoms with Crippen LogP contribution in [0.4, 0.5) is 0 Å². The summed E-state index contributed by atoms with van der Waals surface area (Å²) in [4.78, 5) is 13.7. The molecule has 2 rings (SSSR count). The number of rotatable bonds is 3. The first-order valence-electron chi connectivity index (χ1n) is 6.19. The molecule has 1 aliphatic carbocycles. The fourth-order valence-corrected chi connectivity index (χ4v) is 2.99. The molecular formula is C12H21NO3. The number of likely N-dealkylation sites (tertiary alicyclic amines) is 1. The zero-order valence-electron chi connectivity index (χ0n) is 9.95. The Balaban J connectivity index is 1.95. The van der Waals surface area contributed by atoms with E-state index in [4.69, 9.17) is 4.74 Å². The third-order valence-electron chi connectivity index (χ3n) is 3.87. The molecule has 0 aromatic heterocycles. The Labute approximate surface area is 96.6 Å². The lowest BCUT2D eigenvalue weighted by molar-refractivity contribution is -0.146. The van der Waals surface area contributed by atoms with Crippen LogP contribution in [0, 0.1) is 0 Å². The molecule has 1 aliphatic heterocycles. The van der Waals surface area contributed by atoms with E-state index in [1.54, 1.807) is 0 Å². The fourth-order valence-electron chi connectivity index (χ4n) is 2.99. The molecule has 4 nitrogen and oxygen atoms in total. The monoisotopic (exact) mass is 227 g/mol. The molecule has 0 aromatic carbocycles. The molecule has 0 spiro atoms. The number of hydrogen-bond donors (Lipinski definition) is 1. The highest BCUT2D eigenvalue weighted by atomic mass is 16.5. The van der Waals surface area contributed by atoms with Gasteiger partial charge in [0, 0.05) is 6.54 Å². The van der Waals surface area contributed by atoms with Crippen molar-refractivity contribution in [3.05, 3.63) is 0 Å². The third-order valence-corrected chi connectivity index (χ3v) is 3.87. The molecule has 1 saturated heterocycles. The van der Waals surface area contributed by atoms with Crippen molar-refractivity contribution in [3.8, 4) is 0 Å². The Morgan fingerprint density at radius 2 is 2.12 bits per heavy atom. The van der Waals surface area contributed by atoms with Crippen LogP contribution < -0.4 is 0 Å². The molecule has 0 amide bonds. The van der Waals surface area contributed by atoms with Crippen LogP contribution in [0.25, 0.3) is 0 Å². The quantitative estimate of drug-likeness (QED) is 0.729. The Morgan fingerprint density at radius 3 is 2.75 bits per heavy atom. The van der Waals surface area contributed by atoms with Crippen LogP contribution in [0.1, 0.15) is 38.5 Å². The van der Waals surface area contributed by atoms with Crippen LogP contribution >= 0.6 is 0 Å². The summed E-state index contributed by atoms with van der Waals surface area (Å²) < 4.78 is 4.80. The van der Waals surface area contributed by atoms with Gasteiger partial charge < -0.3 is 9.84 Å². The van der Waals surface area contributed by atoms with Crippen LogP contribution in [0.2, 0.25) is 0 Å². The summed E-state index contributed by atoms with van der Waals surface area (Å²) in [5, 5.41) is 10.3. The van der Waals surface area contributed by atoms with Gasteiger partial charge in [0.15, 0.2) is 0 Å². The minimum Gasteiger partial charge on any atom is -0.468 e. The second kappa shape index (κ2) is 4.72. The average Bonchev–Trinajstić information content (AvgIpc) is 2.87. The van der Waals surface area contributed by atoms with E-state index in [0.29, 0.717) is 6.54 Å². The zero-order chi connectivity index (χ0) is 11.6. The van der Waals surface area contributed by atoms with Crippen molar-refractivity contribution < 1.29 is 14.6 Å². The lowest BCUT2D eigenvalue weighted by Crippen LogP contribution is -2.46. The molecule has 1 atom stereocenters. The molecule has 2 aliphatic rings.